The van der Waals surface area contributed by atoms with Gasteiger partial charge in [-0.05, 0) is 18.9 Å². The maximum atomic E-state index is 11.3. The first kappa shape index (κ1) is 14.0. The second kappa shape index (κ2) is 5.72. The number of pyridine rings is 1. The van der Waals surface area contributed by atoms with Gasteiger partial charge in [-0.3, -0.25) is 10.1 Å². The molecule has 0 saturated carbocycles. The van der Waals surface area contributed by atoms with Crippen molar-refractivity contribution in [3.63, 3.8) is 0 Å². The normalized spacial score (nSPS) is 19.4. The van der Waals surface area contributed by atoms with E-state index in [1.165, 1.54) is 12.1 Å². The number of anilines is 2. The van der Waals surface area contributed by atoms with Gasteiger partial charge in [0.1, 0.15) is 11.9 Å². The summed E-state index contributed by atoms with van der Waals surface area (Å²) in [7, 11) is 0. The van der Waals surface area contributed by atoms with E-state index >= 15 is 0 Å². The van der Waals surface area contributed by atoms with Gasteiger partial charge in [-0.1, -0.05) is 12.8 Å². The molecule has 8 nitrogen and oxygen atoms in total. The minimum Gasteiger partial charge on any atom is -0.480 e. The maximum Gasteiger partial charge on any atom is 0.326 e. The van der Waals surface area contributed by atoms with Crippen molar-refractivity contribution in [2.24, 2.45) is 0 Å². The lowest BCUT2D eigenvalue weighted by Crippen LogP contribution is -2.41. The van der Waals surface area contributed by atoms with Gasteiger partial charge in [0.25, 0.3) is 0 Å². The Bertz CT molecular complexity index is 534. The van der Waals surface area contributed by atoms with Gasteiger partial charge in [-0.15, -0.1) is 0 Å². The third kappa shape index (κ3) is 2.79. The molecule has 1 aromatic heterocycles. The third-order valence-electron chi connectivity index (χ3n) is 3.42. The zero-order chi connectivity index (χ0) is 14.7. The van der Waals surface area contributed by atoms with Crippen molar-refractivity contribution in [1.29, 1.82) is 0 Å². The fourth-order valence-electron chi connectivity index (χ4n) is 2.41. The van der Waals surface area contributed by atoms with Crippen LogP contribution in [-0.2, 0) is 4.79 Å². The Balaban J connectivity index is 2.34. The number of nitrogens with two attached hydrogens (primary N) is 1. The first-order valence-electron chi connectivity index (χ1n) is 6.41. The Hall–Kier alpha value is -2.38. The van der Waals surface area contributed by atoms with E-state index in [4.69, 9.17) is 5.73 Å². The predicted molar refractivity (Wildman–Crippen MR) is 72.5 cm³/mol. The number of aromatic nitrogens is 1. The summed E-state index contributed by atoms with van der Waals surface area (Å²) < 4.78 is 0. The number of carboxylic acids is 1. The Labute approximate surface area is 115 Å². The van der Waals surface area contributed by atoms with Crippen LogP contribution in [0.4, 0.5) is 17.3 Å². The number of nitrogen functional groups attached to an aromatic ring is 1. The Morgan fingerprint density at radius 3 is 2.80 bits per heavy atom. The van der Waals surface area contributed by atoms with Crippen LogP contribution in [0, 0.1) is 10.1 Å². The third-order valence-corrected chi connectivity index (χ3v) is 3.42. The number of carbonyl (C=O) groups is 1. The van der Waals surface area contributed by atoms with Crippen molar-refractivity contribution < 1.29 is 14.8 Å². The molecule has 3 N–H and O–H groups in total. The molecule has 1 aliphatic rings. The van der Waals surface area contributed by atoms with Crippen LogP contribution in [0.1, 0.15) is 25.7 Å². The number of nitrogens with zero attached hydrogens (tertiary/aromatic N) is 3. The second-order valence-electron chi connectivity index (χ2n) is 4.73. The molecule has 1 saturated heterocycles. The molecule has 0 bridgehead atoms. The number of hydrogen-bond donors (Lipinski definition) is 2. The monoisotopic (exact) mass is 280 g/mol. The van der Waals surface area contributed by atoms with E-state index in [0.29, 0.717) is 18.8 Å². The summed E-state index contributed by atoms with van der Waals surface area (Å²) in [6, 6.07) is 2.06. The molecule has 108 valence electrons. The summed E-state index contributed by atoms with van der Waals surface area (Å²) in [5.74, 6) is -0.728. The molecule has 1 atom stereocenters. The highest BCUT2D eigenvalue weighted by Gasteiger charge is 2.29. The predicted octanol–water partition coefficient (Wildman–Crippen LogP) is 1.41. The van der Waals surface area contributed by atoms with Crippen molar-refractivity contribution in [2.75, 3.05) is 17.2 Å². The van der Waals surface area contributed by atoms with Gasteiger partial charge in [0, 0.05) is 12.6 Å². The molecular weight excluding hydrogens is 264 g/mol. The highest BCUT2D eigenvalue weighted by molar-refractivity contribution is 5.78. The fraction of sp³-hybridized carbons (Fsp3) is 0.500. The van der Waals surface area contributed by atoms with Gasteiger partial charge < -0.3 is 15.7 Å². The minimum atomic E-state index is -0.911. The number of aliphatic carboxylic acids is 1. The SMILES string of the molecule is Nc1nc(N2CCCCCC2C(=O)O)ccc1[N+](=O)[O-]. The highest BCUT2D eigenvalue weighted by atomic mass is 16.6. The van der Waals surface area contributed by atoms with E-state index in [1.807, 2.05) is 0 Å². The molecule has 0 amide bonds. The van der Waals surface area contributed by atoms with Gasteiger partial charge in [0.15, 0.2) is 0 Å². The van der Waals surface area contributed by atoms with Crippen LogP contribution in [0.3, 0.4) is 0 Å². The molecule has 1 fully saturated rings. The average molecular weight is 280 g/mol. The zero-order valence-electron chi connectivity index (χ0n) is 10.9. The van der Waals surface area contributed by atoms with Crippen molar-refractivity contribution in [3.8, 4) is 0 Å². The number of rotatable bonds is 3. The van der Waals surface area contributed by atoms with Crippen molar-refractivity contribution >= 4 is 23.3 Å². The number of hydrogen-bond acceptors (Lipinski definition) is 6. The molecule has 0 aromatic carbocycles. The van der Waals surface area contributed by atoms with Crippen LogP contribution in [0.5, 0.6) is 0 Å². The van der Waals surface area contributed by atoms with Crippen LogP contribution in [0.25, 0.3) is 0 Å². The van der Waals surface area contributed by atoms with Crippen molar-refractivity contribution in [3.05, 3.63) is 22.2 Å². The summed E-state index contributed by atoms with van der Waals surface area (Å²) in [5.41, 5.74) is 5.29. The molecule has 0 radical (unpaired) electrons. The van der Waals surface area contributed by atoms with Crippen molar-refractivity contribution in [2.45, 2.75) is 31.7 Å². The summed E-state index contributed by atoms with van der Waals surface area (Å²) in [5, 5.41) is 20.0. The first-order valence-corrected chi connectivity index (χ1v) is 6.41. The molecule has 0 aliphatic carbocycles. The minimum absolute atomic E-state index is 0.194. The quantitative estimate of drug-likeness (QED) is 0.633. The zero-order valence-corrected chi connectivity index (χ0v) is 10.9. The largest absolute Gasteiger partial charge is 0.480 e. The van der Waals surface area contributed by atoms with Crippen LogP contribution < -0.4 is 10.6 Å². The number of carboxylic acid groups (broad SMARTS) is 1. The molecule has 0 spiro atoms. The van der Waals surface area contributed by atoms with E-state index in [2.05, 4.69) is 4.98 Å². The molecule has 2 heterocycles. The van der Waals surface area contributed by atoms with Gasteiger partial charge >= 0.3 is 11.7 Å². The second-order valence-corrected chi connectivity index (χ2v) is 4.73. The van der Waals surface area contributed by atoms with Crippen LogP contribution in [-0.4, -0.2) is 33.6 Å². The lowest BCUT2D eigenvalue weighted by Gasteiger charge is -2.27. The van der Waals surface area contributed by atoms with Crippen LogP contribution >= 0.6 is 0 Å². The Morgan fingerprint density at radius 1 is 1.45 bits per heavy atom. The van der Waals surface area contributed by atoms with Gasteiger partial charge in [0.05, 0.1) is 4.92 Å². The first-order chi connectivity index (χ1) is 9.50. The summed E-state index contributed by atoms with van der Waals surface area (Å²) in [6.45, 7) is 0.557. The van der Waals surface area contributed by atoms with E-state index in [0.717, 1.165) is 19.3 Å². The lowest BCUT2D eigenvalue weighted by atomic mass is 10.1. The van der Waals surface area contributed by atoms with Crippen LogP contribution in [0.15, 0.2) is 12.1 Å². The van der Waals surface area contributed by atoms with Crippen molar-refractivity contribution in [1.82, 2.24) is 4.98 Å². The summed E-state index contributed by atoms with van der Waals surface area (Å²) in [4.78, 5) is 27.1. The Kier molecular flexibility index (Phi) is 4.02. The molecule has 20 heavy (non-hydrogen) atoms. The van der Waals surface area contributed by atoms with E-state index in [1.54, 1.807) is 4.90 Å². The molecule has 1 unspecified atom stereocenters. The van der Waals surface area contributed by atoms with Gasteiger partial charge in [-0.25, -0.2) is 9.78 Å². The molecular formula is C12H16N4O4. The maximum absolute atomic E-state index is 11.3. The van der Waals surface area contributed by atoms with Gasteiger partial charge in [-0.2, -0.15) is 0 Å². The van der Waals surface area contributed by atoms with E-state index in [-0.39, 0.29) is 11.5 Å². The summed E-state index contributed by atoms with van der Waals surface area (Å²) >= 11 is 0. The topological polar surface area (TPSA) is 123 Å². The fourth-order valence-corrected chi connectivity index (χ4v) is 2.41. The average Bonchev–Trinajstić information content (AvgIpc) is 2.63. The number of nitro groups is 1. The summed E-state index contributed by atoms with van der Waals surface area (Å²) in [6.07, 6.45) is 3.20. The smallest absolute Gasteiger partial charge is 0.326 e. The molecule has 2 rings (SSSR count). The highest BCUT2D eigenvalue weighted by Crippen LogP contribution is 2.27. The van der Waals surface area contributed by atoms with Crippen LogP contribution in [0.2, 0.25) is 0 Å². The standard InChI is InChI=1S/C12H16N4O4/c13-11-8(16(19)20)5-6-10(14-11)15-7-3-1-2-4-9(15)12(17)18/h5-6,9H,1-4,7H2,(H2,13,14)(H,17,18). The van der Waals surface area contributed by atoms with E-state index in [9.17, 15) is 20.0 Å². The van der Waals surface area contributed by atoms with E-state index < -0.39 is 16.9 Å². The molecule has 1 aromatic rings. The Morgan fingerprint density at radius 2 is 2.20 bits per heavy atom. The molecule has 8 heteroatoms. The van der Waals surface area contributed by atoms with Gasteiger partial charge in [0.2, 0.25) is 5.82 Å². The molecule has 1 aliphatic heterocycles. The lowest BCUT2D eigenvalue weighted by molar-refractivity contribution is -0.384.